The lowest BCUT2D eigenvalue weighted by Gasteiger charge is -2.37. The van der Waals surface area contributed by atoms with Crippen LogP contribution in [0.5, 0.6) is 0 Å². The van der Waals surface area contributed by atoms with Crippen LogP contribution < -0.4 is 0 Å². The Morgan fingerprint density at radius 2 is 2.20 bits per heavy atom. The van der Waals surface area contributed by atoms with E-state index in [-0.39, 0.29) is 18.7 Å². The molecule has 0 aromatic heterocycles. The van der Waals surface area contributed by atoms with Gasteiger partial charge >= 0.3 is 0 Å². The van der Waals surface area contributed by atoms with Crippen LogP contribution in [0.1, 0.15) is 39.5 Å². The number of carbonyl (C=O) groups is 1. The summed E-state index contributed by atoms with van der Waals surface area (Å²) in [6.45, 7) is 5.64. The lowest BCUT2D eigenvalue weighted by atomic mass is 9.77. The van der Waals surface area contributed by atoms with E-state index in [2.05, 4.69) is 26.0 Å². The second-order valence-electron chi connectivity index (χ2n) is 6.94. The molecule has 1 amide bonds. The van der Waals surface area contributed by atoms with Crippen molar-refractivity contribution in [3.8, 4) is 0 Å². The fourth-order valence-electron chi connectivity index (χ4n) is 3.57. The number of hydrogen-bond donors (Lipinski definition) is 0. The fraction of sp³-hybridized carbons (Fsp3) is 0.650. The van der Waals surface area contributed by atoms with Gasteiger partial charge in [-0.15, -0.1) is 0 Å². The normalized spacial score (nSPS) is 25.7. The number of methoxy groups -OCH3 is 2. The summed E-state index contributed by atoms with van der Waals surface area (Å²) in [5.74, 6) is 0.860. The first kappa shape index (κ1) is 19.7. The van der Waals surface area contributed by atoms with Gasteiger partial charge in [-0.05, 0) is 45.6 Å². The number of nitrogens with zero attached hydrogens (tertiary/aromatic N) is 1. The van der Waals surface area contributed by atoms with Crippen molar-refractivity contribution >= 4 is 5.91 Å². The fourth-order valence-corrected chi connectivity index (χ4v) is 3.57. The van der Waals surface area contributed by atoms with Gasteiger partial charge in [0.2, 0.25) is 5.91 Å². The molecule has 0 bridgehead atoms. The highest BCUT2D eigenvalue weighted by atomic mass is 16.7. The van der Waals surface area contributed by atoms with Gasteiger partial charge in [0, 0.05) is 13.7 Å². The molecule has 0 N–H and O–H groups in total. The first-order valence-electron chi connectivity index (χ1n) is 8.98. The van der Waals surface area contributed by atoms with Crippen LogP contribution in [0.15, 0.2) is 35.6 Å². The molecule has 0 spiro atoms. The summed E-state index contributed by atoms with van der Waals surface area (Å²) in [5.41, 5.74) is 0.455. The SMILES string of the molecule is COCOC[C@@H]1CCCN1C(=O)[C@]1(CC=C(C)C)C=CCC=C1OC. The molecule has 1 aliphatic carbocycles. The van der Waals surface area contributed by atoms with Gasteiger partial charge in [-0.3, -0.25) is 4.79 Å². The van der Waals surface area contributed by atoms with Crippen molar-refractivity contribution in [3.05, 3.63) is 35.6 Å². The Hall–Kier alpha value is -1.59. The summed E-state index contributed by atoms with van der Waals surface area (Å²) in [4.78, 5) is 15.6. The van der Waals surface area contributed by atoms with E-state index in [1.807, 2.05) is 17.1 Å². The van der Waals surface area contributed by atoms with E-state index in [0.717, 1.165) is 31.6 Å². The zero-order chi connectivity index (χ0) is 18.3. The molecule has 140 valence electrons. The third-order valence-electron chi connectivity index (χ3n) is 4.86. The second-order valence-corrected chi connectivity index (χ2v) is 6.94. The summed E-state index contributed by atoms with van der Waals surface area (Å²) in [6, 6.07) is 0.0969. The Kier molecular flexibility index (Phi) is 7.26. The van der Waals surface area contributed by atoms with Gasteiger partial charge in [0.1, 0.15) is 18.0 Å². The van der Waals surface area contributed by atoms with Gasteiger partial charge in [-0.25, -0.2) is 0 Å². The van der Waals surface area contributed by atoms with Crippen LogP contribution in [0.3, 0.4) is 0 Å². The maximum Gasteiger partial charge on any atom is 0.240 e. The van der Waals surface area contributed by atoms with E-state index in [9.17, 15) is 4.79 Å². The average molecular weight is 349 g/mol. The number of hydrogen-bond acceptors (Lipinski definition) is 4. The Morgan fingerprint density at radius 3 is 2.88 bits per heavy atom. The predicted octanol–water partition coefficient (Wildman–Crippen LogP) is 3.43. The van der Waals surface area contributed by atoms with Crippen molar-refractivity contribution in [1.82, 2.24) is 4.90 Å². The first-order chi connectivity index (χ1) is 12.0. The van der Waals surface area contributed by atoms with Crippen molar-refractivity contribution in [2.75, 3.05) is 34.2 Å². The molecule has 1 saturated heterocycles. The number of likely N-dealkylation sites (tertiary alicyclic amines) is 1. The summed E-state index contributed by atoms with van der Waals surface area (Å²) < 4.78 is 16.1. The summed E-state index contributed by atoms with van der Waals surface area (Å²) in [5, 5.41) is 0. The minimum atomic E-state index is -0.742. The first-order valence-corrected chi connectivity index (χ1v) is 8.98. The molecular formula is C20H31NO4. The Balaban J connectivity index is 2.25. The third-order valence-corrected chi connectivity index (χ3v) is 4.86. The molecule has 5 nitrogen and oxygen atoms in total. The van der Waals surface area contributed by atoms with Gasteiger partial charge in [-0.2, -0.15) is 0 Å². The van der Waals surface area contributed by atoms with Crippen molar-refractivity contribution in [1.29, 1.82) is 0 Å². The quantitative estimate of drug-likeness (QED) is 0.383. The van der Waals surface area contributed by atoms with Crippen LogP contribution in [0.25, 0.3) is 0 Å². The highest BCUT2D eigenvalue weighted by Gasteiger charge is 2.46. The topological polar surface area (TPSA) is 48.0 Å². The van der Waals surface area contributed by atoms with Crippen molar-refractivity contribution in [2.24, 2.45) is 5.41 Å². The average Bonchev–Trinajstić information content (AvgIpc) is 3.08. The highest BCUT2D eigenvalue weighted by molar-refractivity contribution is 5.88. The van der Waals surface area contributed by atoms with Crippen LogP contribution in [0.4, 0.5) is 0 Å². The second kappa shape index (κ2) is 9.20. The summed E-state index contributed by atoms with van der Waals surface area (Å²) in [6.07, 6.45) is 11.6. The minimum Gasteiger partial charge on any atom is -0.500 e. The minimum absolute atomic E-state index is 0.0969. The summed E-state index contributed by atoms with van der Waals surface area (Å²) in [7, 11) is 3.26. The Labute approximate surface area is 151 Å². The van der Waals surface area contributed by atoms with Crippen molar-refractivity contribution in [2.45, 2.75) is 45.6 Å². The number of carbonyl (C=O) groups excluding carboxylic acids is 1. The lowest BCUT2D eigenvalue weighted by molar-refractivity contribution is -0.142. The molecule has 2 rings (SSSR count). The van der Waals surface area contributed by atoms with E-state index < -0.39 is 5.41 Å². The lowest BCUT2D eigenvalue weighted by Crippen LogP contribution is -2.48. The zero-order valence-corrected chi connectivity index (χ0v) is 15.9. The molecule has 0 saturated carbocycles. The highest BCUT2D eigenvalue weighted by Crippen LogP contribution is 2.41. The van der Waals surface area contributed by atoms with Gasteiger partial charge in [0.25, 0.3) is 0 Å². The molecule has 0 aromatic rings. The van der Waals surface area contributed by atoms with Crippen LogP contribution in [-0.4, -0.2) is 51.0 Å². The van der Waals surface area contributed by atoms with Crippen LogP contribution >= 0.6 is 0 Å². The molecule has 1 heterocycles. The molecule has 0 unspecified atom stereocenters. The predicted molar refractivity (Wildman–Crippen MR) is 97.9 cm³/mol. The monoisotopic (exact) mass is 349 g/mol. The van der Waals surface area contributed by atoms with Crippen LogP contribution in [0, 0.1) is 5.41 Å². The Morgan fingerprint density at radius 1 is 1.40 bits per heavy atom. The number of ether oxygens (including phenoxy) is 3. The van der Waals surface area contributed by atoms with Crippen molar-refractivity contribution in [3.63, 3.8) is 0 Å². The van der Waals surface area contributed by atoms with Crippen molar-refractivity contribution < 1.29 is 19.0 Å². The zero-order valence-electron chi connectivity index (χ0n) is 15.9. The van der Waals surface area contributed by atoms with E-state index in [0.29, 0.717) is 13.0 Å². The molecule has 0 aromatic carbocycles. The van der Waals surface area contributed by atoms with E-state index in [4.69, 9.17) is 14.2 Å². The maximum absolute atomic E-state index is 13.6. The van der Waals surface area contributed by atoms with E-state index in [1.54, 1.807) is 14.2 Å². The molecule has 0 radical (unpaired) electrons. The van der Waals surface area contributed by atoms with E-state index >= 15 is 0 Å². The van der Waals surface area contributed by atoms with E-state index in [1.165, 1.54) is 5.57 Å². The molecule has 1 aliphatic heterocycles. The van der Waals surface area contributed by atoms with Gasteiger partial charge in [0.15, 0.2) is 0 Å². The maximum atomic E-state index is 13.6. The van der Waals surface area contributed by atoms with Gasteiger partial charge < -0.3 is 19.1 Å². The molecule has 5 heteroatoms. The van der Waals surface area contributed by atoms with Gasteiger partial charge in [0.05, 0.1) is 19.8 Å². The number of amides is 1. The molecule has 2 atom stereocenters. The summed E-state index contributed by atoms with van der Waals surface area (Å²) >= 11 is 0. The Bertz CT molecular complexity index is 548. The van der Waals surface area contributed by atoms with Crippen LogP contribution in [0.2, 0.25) is 0 Å². The number of allylic oxidation sites excluding steroid dienone is 4. The smallest absolute Gasteiger partial charge is 0.240 e. The molecular weight excluding hydrogens is 318 g/mol. The standard InChI is InChI=1S/C20H31NO4/c1-16(2)10-12-20(11-6-5-9-18(20)24-4)19(22)21-13-7-8-17(21)14-25-15-23-3/h6,9-11,17H,5,7-8,12-15H2,1-4H3/t17-,20-/m0/s1. The van der Waals surface area contributed by atoms with Crippen LogP contribution in [-0.2, 0) is 19.0 Å². The molecule has 1 fully saturated rings. The molecule has 2 aliphatic rings. The largest absolute Gasteiger partial charge is 0.500 e. The van der Waals surface area contributed by atoms with Gasteiger partial charge in [-0.1, -0.05) is 23.8 Å². The molecule has 25 heavy (non-hydrogen) atoms. The third kappa shape index (κ3) is 4.53. The number of rotatable bonds is 8.